The number of amides is 1. The highest BCUT2D eigenvalue weighted by molar-refractivity contribution is 5.93. The predicted molar refractivity (Wildman–Crippen MR) is 96.7 cm³/mol. The molecule has 1 aromatic heterocycles. The maximum atomic E-state index is 11.7. The molecule has 0 aliphatic heterocycles. The van der Waals surface area contributed by atoms with Gasteiger partial charge in [0.2, 0.25) is 5.91 Å². The van der Waals surface area contributed by atoms with Crippen LogP contribution in [-0.4, -0.2) is 29.2 Å². The first kappa shape index (κ1) is 16.2. The van der Waals surface area contributed by atoms with Gasteiger partial charge in [-0.2, -0.15) is 0 Å². The van der Waals surface area contributed by atoms with E-state index in [9.17, 15) is 4.79 Å². The number of nitrogens with zero attached hydrogens (tertiary/aromatic N) is 3. The average Bonchev–Trinajstić information content (AvgIpc) is 3.44. The number of carbonyl (C=O) groups is 1. The van der Waals surface area contributed by atoms with Crippen molar-refractivity contribution in [1.29, 1.82) is 0 Å². The van der Waals surface area contributed by atoms with Gasteiger partial charge in [-0.25, -0.2) is 0 Å². The number of aromatic nitrogens is 2. The van der Waals surface area contributed by atoms with Crippen molar-refractivity contribution < 1.29 is 4.79 Å². The van der Waals surface area contributed by atoms with Crippen LogP contribution in [0.1, 0.15) is 26.7 Å². The summed E-state index contributed by atoms with van der Waals surface area (Å²) in [5, 5.41) is 14.2. The third-order valence-electron chi connectivity index (χ3n) is 4.13. The van der Waals surface area contributed by atoms with E-state index in [1.807, 2.05) is 18.2 Å². The van der Waals surface area contributed by atoms with Crippen LogP contribution < -0.4 is 15.5 Å². The molecule has 0 atom stereocenters. The molecule has 126 valence electrons. The van der Waals surface area contributed by atoms with Crippen molar-refractivity contribution in [1.82, 2.24) is 10.2 Å². The van der Waals surface area contributed by atoms with E-state index in [-0.39, 0.29) is 11.8 Å². The largest absolute Gasteiger partial charge is 0.372 e. The molecule has 1 aliphatic rings. The molecule has 1 saturated carbocycles. The van der Waals surface area contributed by atoms with E-state index < -0.39 is 0 Å². The van der Waals surface area contributed by atoms with Crippen LogP contribution in [0.4, 0.5) is 23.0 Å². The number of rotatable bonds is 7. The lowest BCUT2D eigenvalue weighted by atomic mass is 10.2. The van der Waals surface area contributed by atoms with Gasteiger partial charge in [-0.05, 0) is 63.1 Å². The van der Waals surface area contributed by atoms with Crippen LogP contribution in [-0.2, 0) is 4.79 Å². The number of benzene rings is 1. The van der Waals surface area contributed by atoms with Crippen LogP contribution >= 0.6 is 0 Å². The number of hydrogen-bond donors (Lipinski definition) is 2. The first-order chi connectivity index (χ1) is 11.7. The van der Waals surface area contributed by atoms with Crippen LogP contribution in [0.2, 0.25) is 0 Å². The monoisotopic (exact) mass is 325 g/mol. The fourth-order valence-electron chi connectivity index (χ4n) is 2.53. The Kier molecular flexibility index (Phi) is 4.93. The molecule has 6 heteroatoms. The smallest absolute Gasteiger partial charge is 0.228 e. The Morgan fingerprint density at radius 2 is 1.67 bits per heavy atom. The highest BCUT2D eigenvalue weighted by atomic mass is 16.2. The molecule has 1 aliphatic carbocycles. The van der Waals surface area contributed by atoms with Crippen molar-refractivity contribution in [2.75, 3.05) is 28.6 Å². The highest BCUT2D eigenvalue weighted by Crippen LogP contribution is 2.30. The van der Waals surface area contributed by atoms with Crippen molar-refractivity contribution >= 4 is 28.9 Å². The number of nitrogens with one attached hydrogen (secondary N) is 2. The fraction of sp³-hybridized carbons (Fsp3) is 0.389. The SMILES string of the molecule is CCN(CC)c1ccc(Nc2ccc(NC(=O)C3CC3)nn2)cc1. The lowest BCUT2D eigenvalue weighted by molar-refractivity contribution is -0.117. The summed E-state index contributed by atoms with van der Waals surface area (Å²) in [6, 6.07) is 11.8. The van der Waals surface area contributed by atoms with Gasteiger partial charge in [-0.1, -0.05) is 0 Å². The molecule has 0 unspecified atom stereocenters. The molecule has 0 spiro atoms. The van der Waals surface area contributed by atoms with Gasteiger partial charge in [-0.15, -0.1) is 10.2 Å². The van der Waals surface area contributed by atoms with Crippen molar-refractivity contribution in [3.05, 3.63) is 36.4 Å². The standard InChI is InChI=1S/C18H23N5O/c1-3-23(4-2)15-9-7-14(8-10-15)19-16-11-12-17(22-21-16)20-18(24)13-5-6-13/h7-13H,3-6H2,1-2H3,(H,19,21)(H,20,22,24). The van der Waals surface area contributed by atoms with Crippen molar-refractivity contribution in [3.63, 3.8) is 0 Å². The van der Waals surface area contributed by atoms with Gasteiger partial charge >= 0.3 is 0 Å². The summed E-state index contributed by atoms with van der Waals surface area (Å²) >= 11 is 0. The molecule has 6 nitrogen and oxygen atoms in total. The second-order valence-corrected chi connectivity index (χ2v) is 5.91. The van der Waals surface area contributed by atoms with E-state index in [1.54, 1.807) is 6.07 Å². The quantitative estimate of drug-likeness (QED) is 0.816. The van der Waals surface area contributed by atoms with Crippen molar-refractivity contribution in [3.8, 4) is 0 Å². The third kappa shape index (κ3) is 4.01. The maximum Gasteiger partial charge on any atom is 0.228 e. The third-order valence-corrected chi connectivity index (χ3v) is 4.13. The van der Waals surface area contributed by atoms with Gasteiger partial charge in [0.15, 0.2) is 11.6 Å². The molecule has 1 fully saturated rings. The normalized spacial score (nSPS) is 13.4. The molecule has 0 saturated heterocycles. The zero-order chi connectivity index (χ0) is 16.9. The predicted octanol–water partition coefficient (Wildman–Crippen LogP) is 3.41. The lowest BCUT2D eigenvalue weighted by Gasteiger charge is -2.21. The molecular formula is C18H23N5O. The van der Waals surface area contributed by atoms with Crippen molar-refractivity contribution in [2.24, 2.45) is 5.92 Å². The first-order valence-electron chi connectivity index (χ1n) is 8.46. The topological polar surface area (TPSA) is 70.2 Å². The Labute approximate surface area is 142 Å². The van der Waals surface area contributed by atoms with Gasteiger partial charge in [0.25, 0.3) is 0 Å². The van der Waals surface area contributed by atoms with Gasteiger partial charge in [-0.3, -0.25) is 4.79 Å². The van der Waals surface area contributed by atoms with Gasteiger partial charge in [0, 0.05) is 30.4 Å². The van der Waals surface area contributed by atoms with Crippen LogP contribution in [0, 0.1) is 5.92 Å². The summed E-state index contributed by atoms with van der Waals surface area (Å²) in [6.45, 7) is 6.27. The minimum absolute atomic E-state index is 0.0389. The molecular weight excluding hydrogens is 302 g/mol. The zero-order valence-corrected chi connectivity index (χ0v) is 14.1. The Balaban J connectivity index is 1.60. The first-order valence-corrected chi connectivity index (χ1v) is 8.46. The van der Waals surface area contributed by atoms with Crippen LogP contribution in [0.15, 0.2) is 36.4 Å². The van der Waals surface area contributed by atoms with E-state index in [0.29, 0.717) is 11.6 Å². The van der Waals surface area contributed by atoms with E-state index >= 15 is 0 Å². The summed E-state index contributed by atoms with van der Waals surface area (Å²) in [6.07, 6.45) is 1.95. The molecule has 2 N–H and O–H groups in total. The number of anilines is 4. The molecule has 2 aromatic rings. The molecule has 0 bridgehead atoms. The Morgan fingerprint density at radius 1 is 1.04 bits per heavy atom. The minimum Gasteiger partial charge on any atom is -0.372 e. The number of carbonyl (C=O) groups excluding carboxylic acids is 1. The van der Waals surface area contributed by atoms with Gasteiger partial charge in [0.05, 0.1) is 0 Å². The molecule has 24 heavy (non-hydrogen) atoms. The Bertz CT molecular complexity index is 676. The average molecular weight is 325 g/mol. The van der Waals surface area contributed by atoms with E-state index in [0.717, 1.165) is 31.6 Å². The van der Waals surface area contributed by atoms with Crippen LogP contribution in [0.25, 0.3) is 0 Å². The van der Waals surface area contributed by atoms with Crippen molar-refractivity contribution in [2.45, 2.75) is 26.7 Å². The molecule has 1 aromatic carbocycles. The molecule has 3 rings (SSSR count). The minimum atomic E-state index is 0.0389. The molecule has 1 amide bonds. The van der Waals surface area contributed by atoms with E-state index in [1.165, 1.54) is 5.69 Å². The zero-order valence-electron chi connectivity index (χ0n) is 14.1. The second-order valence-electron chi connectivity index (χ2n) is 5.91. The van der Waals surface area contributed by atoms with Gasteiger partial charge in [0.1, 0.15) is 0 Å². The van der Waals surface area contributed by atoms with E-state index in [4.69, 9.17) is 0 Å². The Morgan fingerprint density at radius 3 is 2.21 bits per heavy atom. The molecule has 0 radical (unpaired) electrons. The Hall–Kier alpha value is -2.63. The fourth-order valence-corrected chi connectivity index (χ4v) is 2.53. The second kappa shape index (κ2) is 7.29. The van der Waals surface area contributed by atoms with Crippen LogP contribution in [0.3, 0.4) is 0 Å². The number of hydrogen-bond acceptors (Lipinski definition) is 5. The summed E-state index contributed by atoms with van der Waals surface area (Å²) in [4.78, 5) is 14.0. The van der Waals surface area contributed by atoms with Gasteiger partial charge < -0.3 is 15.5 Å². The van der Waals surface area contributed by atoms with E-state index in [2.05, 4.69) is 51.7 Å². The maximum absolute atomic E-state index is 11.7. The molecule has 1 heterocycles. The summed E-state index contributed by atoms with van der Waals surface area (Å²) < 4.78 is 0. The lowest BCUT2D eigenvalue weighted by Crippen LogP contribution is -2.21. The van der Waals surface area contributed by atoms with Crippen LogP contribution in [0.5, 0.6) is 0 Å². The summed E-state index contributed by atoms with van der Waals surface area (Å²) in [5.41, 5.74) is 2.16. The summed E-state index contributed by atoms with van der Waals surface area (Å²) in [5.74, 6) is 1.34. The summed E-state index contributed by atoms with van der Waals surface area (Å²) in [7, 11) is 0. The highest BCUT2D eigenvalue weighted by Gasteiger charge is 2.29.